The van der Waals surface area contributed by atoms with Crippen molar-refractivity contribution in [2.24, 2.45) is 5.92 Å². The smallest absolute Gasteiger partial charge is 0.227 e. The monoisotopic (exact) mass is 457 g/mol. The van der Waals surface area contributed by atoms with Crippen LogP contribution in [0.5, 0.6) is 0 Å². The SMILES string of the molecule is CCc1ccc(N2CC(C(=O)NCc3ccc(CS(=O)(=O)NC(C)C)cc3)CC2=O)cc1. The van der Waals surface area contributed by atoms with Crippen molar-refractivity contribution < 1.29 is 18.0 Å². The number of anilines is 1. The molecule has 1 fully saturated rings. The lowest BCUT2D eigenvalue weighted by atomic mass is 10.1. The van der Waals surface area contributed by atoms with E-state index in [1.165, 1.54) is 5.56 Å². The van der Waals surface area contributed by atoms with Crippen LogP contribution in [-0.4, -0.2) is 32.8 Å². The predicted octanol–water partition coefficient (Wildman–Crippen LogP) is 2.75. The summed E-state index contributed by atoms with van der Waals surface area (Å²) in [6.07, 6.45) is 1.13. The van der Waals surface area contributed by atoms with Crippen LogP contribution in [0.15, 0.2) is 48.5 Å². The van der Waals surface area contributed by atoms with Crippen LogP contribution in [0.4, 0.5) is 5.69 Å². The first-order valence-electron chi connectivity index (χ1n) is 10.9. The molecule has 8 heteroatoms. The Balaban J connectivity index is 1.52. The van der Waals surface area contributed by atoms with Crippen molar-refractivity contribution in [2.45, 2.75) is 52.0 Å². The first-order chi connectivity index (χ1) is 15.2. The highest BCUT2D eigenvalue weighted by Gasteiger charge is 2.34. The van der Waals surface area contributed by atoms with E-state index in [0.717, 1.165) is 17.7 Å². The van der Waals surface area contributed by atoms with Gasteiger partial charge in [-0.25, -0.2) is 13.1 Å². The molecule has 172 valence electrons. The Hall–Kier alpha value is -2.71. The molecule has 0 aromatic heterocycles. The van der Waals surface area contributed by atoms with Gasteiger partial charge in [0, 0.05) is 31.2 Å². The van der Waals surface area contributed by atoms with Crippen molar-refractivity contribution >= 4 is 27.5 Å². The minimum Gasteiger partial charge on any atom is -0.352 e. The topological polar surface area (TPSA) is 95.6 Å². The molecule has 3 rings (SSSR count). The molecule has 2 aromatic rings. The molecule has 7 nitrogen and oxygen atoms in total. The number of nitrogens with one attached hydrogen (secondary N) is 2. The highest BCUT2D eigenvalue weighted by Crippen LogP contribution is 2.25. The highest BCUT2D eigenvalue weighted by atomic mass is 32.2. The summed E-state index contributed by atoms with van der Waals surface area (Å²) in [6.45, 7) is 6.34. The zero-order valence-electron chi connectivity index (χ0n) is 18.8. The van der Waals surface area contributed by atoms with Crippen LogP contribution in [0.3, 0.4) is 0 Å². The Morgan fingerprint density at radius 1 is 1.03 bits per heavy atom. The van der Waals surface area contributed by atoms with Crippen LogP contribution in [0.25, 0.3) is 0 Å². The number of benzene rings is 2. The lowest BCUT2D eigenvalue weighted by Gasteiger charge is -2.17. The Morgan fingerprint density at radius 2 is 1.62 bits per heavy atom. The maximum atomic E-state index is 12.6. The predicted molar refractivity (Wildman–Crippen MR) is 125 cm³/mol. The van der Waals surface area contributed by atoms with E-state index in [0.29, 0.717) is 18.7 Å². The molecule has 0 bridgehead atoms. The third-order valence-corrected chi connectivity index (χ3v) is 6.96. The summed E-state index contributed by atoms with van der Waals surface area (Å²) in [4.78, 5) is 26.7. The number of hydrogen-bond acceptors (Lipinski definition) is 4. The number of aryl methyl sites for hydroxylation is 1. The third-order valence-electron chi connectivity index (χ3n) is 5.41. The number of carbonyl (C=O) groups excluding carboxylic acids is 2. The van der Waals surface area contributed by atoms with Crippen LogP contribution in [-0.2, 0) is 38.3 Å². The van der Waals surface area contributed by atoms with Crippen LogP contribution < -0.4 is 14.9 Å². The van der Waals surface area contributed by atoms with Gasteiger partial charge in [0.15, 0.2) is 0 Å². The van der Waals surface area contributed by atoms with Gasteiger partial charge in [0.05, 0.1) is 11.7 Å². The molecular formula is C24H31N3O4S. The average molecular weight is 458 g/mol. The minimum absolute atomic E-state index is 0.0463. The van der Waals surface area contributed by atoms with Crippen molar-refractivity contribution in [1.29, 1.82) is 0 Å². The van der Waals surface area contributed by atoms with Gasteiger partial charge in [-0.3, -0.25) is 9.59 Å². The van der Waals surface area contributed by atoms with Gasteiger partial charge >= 0.3 is 0 Å². The van der Waals surface area contributed by atoms with Crippen LogP contribution in [0.2, 0.25) is 0 Å². The molecule has 1 heterocycles. The minimum atomic E-state index is -3.38. The summed E-state index contributed by atoms with van der Waals surface area (Å²) >= 11 is 0. The van der Waals surface area contributed by atoms with Crippen LogP contribution in [0, 0.1) is 5.92 Å². The molecule has 0 saturated carbocycles. The molecule has 2 amide bonds. The second-order valence-electron chi connectivity index (χ2n) is 8.49. The fourth-order valence-electron chi connectivity index (χ4n) is 3.75. The lowest BCUT2D eigenvalue weighted by Crippen LogP contribution is -2.32. The van der Waals surface area contributed by atoms with E-state index in [-0.39, 0.29) is 35.9 Å². The maximum Gasteiger partial charge on any atom is 0.227 e. The number of hydrogen-bond donors (Lipinski definition) is 2. The van der Waals surface area contributed by atoms with Crippen molar-refractivity contribution in [3.05, 3.63) is 65.2 Å². The molecule has 1 unspecified atom stereocenters. The van der Waals surface area contributed by atoms with Crippen molar-refractivity contribution in [3.8, 4) is 0 Å². The lowest BCUT2D eigenvalue weighted by molar-refractivity contribution is -0.126. The second kappa shape index (κ2) is 10.3. The molecule has 2 N–H and O–H groups in total. The Kier molecular flexibility index (Phi) is 7.69. The van der Waals surface area contributed by atoms with Crippen molar-refractivity contribution in [3.63, 3.8) is 0 Å². The average Bonchev–Trinajstić information content (AvgIpc) is 3.13. The summed E-state index contributed by atoms with van der Waals surface area (Å²) in [5.74, 6) is -0.675. The normalized spacial score (nSPS) is 16.6. The molecule has 0 aliphatic carbocycles. The fourth-order valence-corrected chi connectivity index (χ4v) is 5.18. The number of carbonyl (C=O) groups is 2. The van der Waals surface area contributed by atoms with E-state index in [2.05, 4.69) is 17.0 Å². The number of sulfonamides is 1. The molecule has 1 aliphatic heterocycles. The number of rotatable bonds is 9. The van der Waals surface area contributed by atoms with Gasteiger partial charge in [-0.15, -0.1) is 0 Å². The van der Waals surface area contributed by atoms with E-state index in [1.54, 1.807) is 30.9 Å². The van der Waals surface area contributed by atoms with Crippen LogP contribution in [0.1, 0.15) is 43.9 Å². The first kappa shape index (κ1) is 23.9. The van der Waals surface area contributed by atoms with E-state index in [1.807, 2.05) is 36.4 Å². The standard InChI is InChI=1S/C24H31N3O4S/c1-4-18-9-11-22(12-10-18)27-15-21(13-23(27)28)24(29)25-14-19-5-7-20(8-6-19)16-32(30,31)26-17(2)3/h5-12,17,21,26H,4,13-16H2,1-3H3,(H,25,29). The molecule has 1 aliphatic rings. The summed E-state index contributed by atoms with van der Waals surface area (Å²) in [7, 11) is -3.38. The van der Waals surface area contributed by atoms with E-state index < -0.39 is 10.0 Å². The number of amides is 2. The summed E-state index contributed by atoms with van der Waals surface area (Å²) in [5.41, 5.74) is 3.57. The van der Waals surface area contributed by atoms with E-state index >= 15 is 0 Å². The van der Waals surface area contributed by atoms with Crippen molar-refractivity contribution in [2.75, 3.05) is 11.4 Å². The van der Waals surface area contributed by atoms with Crippen molar-refractivity contribution in [1.82, 2.24) is 10.0 Å². The quantitative estimate of drug-likeness (QED) is 0.605. The van der Waals surface area contributed by atoms with Gasteiger partial charge in [-0.05, 0) is 49.1 Å². The Bertz CT molecular complexity index is 1050. The van der Waals surface area contributed by atoms with Gasteiger partial charge < -0.3 is 10.2 Å². The summed E-state index contributed by atoms with van der Waals surface area (Å²) < 4.78 is 26.7. The zero-order chi connectivity index (χ0) is 23.3. The van der Waals surface area contributed by atoms with Crippen LogP contribution >= 0.6 is 0 Å². The maximum absolute atomic E-state index is 12.6. The van der Waals surface area contributed by atoms with Gasteiger partial charge in [0.1, 0.15) is 0 Å². The molecule has 0 radical (unpaired) electrons. The molecular weight excluding hydrogens is 426 g/mol. The molecule has 0 spiro atoms. The molecule has 1 saturated heterocycles. The second-order valence-corrected chi connectivity index (χ2v) is 10.2. The Morgan fingerprint density at radius 3 is 2.22 bits per heavy atom. The molecule has 1 atom stereocenters. The highest BCUT2D eigenvalue weighted by molar-refractivity contribution is 7.88. The fraction of sp³-hybridized carbons (Fsp3) is 0.417. The van der Waals surface area contributed by atoms with E-state index in [4.69, 9.17) is 0 Å². The summed E-state index contributed by atoms with van der Waals surface area (Å²) in [6, 6.07) is 14.8. The first-order valence-corrected chi connectivity index (χ1v) is 12.6. The Labute approximate surface area is 190 Å². The zero-order valence-corrected chi connectivity index (χ0v) is 19.6. The third kappa shape index (κ3) is 6.40. The number of nitrogens with zero attached hydrogens (tertiary/aromatic N) is 1. The van der Waals surface area contributed by atoms with Gasteiger partial charge in [0.2, 0.25) is 21.8 Å². The summed E-state index contributed by atoms with van der Waals surface area (Å²) in [5, 5.41) is 2.90. The largest absolute Gasteiger partial charge is 0.352 e. The molecule has 2 aromatic carbocycles. The van der Waals surface area contributed by atoms with E-state index in [9.17, 15) is 18.0 Å². The van der Waals surface area contributed by atoms with Gasteiger partial charge in [-0.1, -0.05) is 43.3 Å². The van der Waals surface area contributed by atoms with Gasteiger partial charge in [-0.2, -0.15) is 0 Å². The molecule has 32 heavy (non-hydrogen) atoms. The van der Waals surface area contributed by atoms with Gasteiger partial charge in [0.25, 0.3) is 0 Å².